The summed E-state index contributed by atoms with van der Waals surface area (Å²) in [6.45, 7) is 2.81. The number of hydrogen-bond donors (Lipinski definition) is 0. The number of benzene rings is 1. The van der Waals surface area contributed by atoms with E-state index in [0.717, 1.165) is 31.8 Å². The van der Waals surface area contributed by atoms with E-state index < -0.39 is 6.78 Å². The van der Waals surface area contributed by atoms with Crippen molar-refractivity contribution in [1.82, 2.24) is 4.90 Å². The van der Waals surface area contributed by atoms with E-state index in [2.05, 4.69) is 40.9 Å². The first-order valence-corrected chi connectivity index (χ1v) is 8.75. The molecule has 0 spiro atoms. The second-order valence-corrected chi connectivity index (χ2v) is 7.31. The first-order valence-electron chi connectivity index (χ1n) is 5.65. The lowest BCUT2D eigenvalue weighted by atomic mass is 10.1. The maximum atomic E-state index is 5.76. The molecule has 17 heavy (non-hydrogen) atoms. The Morgan fingerprint density at radius 1 is 1.29 bits per heavy atom. The minimum absolute atomic E-state index is 0.899. The molecule has 92 valence electrons. The zero-order valence-corrected chi connectivity index (χ0v) is 12.1. The molecule has 0 amide bonds. The molecule has 0 N–H and O–H groups in total. The van der Waals surface area contributed by atoms with Crippen molar-refractivity contribution in [2.24, 2.45) is 4.76 Å². The maximum absolute atomic E-state index is 5.76. The van der Waals surface area contributed by atoms with E-state index in [9.17, 15) is 0 Å². The van der Waals surface area contributed by atoms with Crippen LogP contribution in [0, 0.1) is 6.92 Å². The van der Waals surface area contributed by atoms with Gasteiger partial charge in [0.05, 0.1) is 0 Å². The fourth-order valence-electron chi connectivity index (χ4n) is 2.00. The number of likely N-dealkylation sites (tertiary alicyclic amines) is 1. The molecule has 0 radical (unpaired) electrons. The van der Waals surface area contributed by atoms with E-state index in [4.69, 9.17) is 22.5 Å². The van der Waals surface area contributed by atoms with Crippen molar-refractivity contribution in [3.63, 3.8) is 0 Å². The first kappa shape index (κ1) is 13.1. The third kappa shape index (κ3) is 3.84. The molecule has 0 saturated carbocycles. The molecular formula is C12H15Cl2N2P. The molecule has 1 aromatic carbocycles. The first-order chi connectivity index (χ1) is 8.15. The number of amidine groups is 1. The Bertz CT molecular complexity index is 403. The number of hydrogen-bond acceptors (Lipinski definition) is 1. The van der Waals surface area contributed by atoms with Crippen LogP contribution < -0.4 is 0 Å². The van der Waals surface area contributed by atoms with Crippen molar-refractivity contribution in [2.45, 2.75) is 26.3 Å². The van der Waals surface area contributed by atoms with Gasteiger partial charge in [-0.3, -0.25) is 0 Å². The van der Waals surface area contributed by atoms with Crippen molar-refractivity contribution >= 4 is 35.1 Å². The molecule has 1 saturated heterocycles. The van der Waals surface area contributed by atoms with E-state index in [1.165, 1.54) is 11.1 Å². The van der Waals surface area contributed by atoms with Crippen LogP contribution in [0.15, 0.2) is 29.0 Å². The lowest BCUT2D eigenvalue weighted by Crippen LogP contribution is -2.23. The zero-order valence-electron chi connectivity index (χ0n) is 9.74. The van der Waals surface area contributed by atoms with Gasteiger partial charge < -0.3 is 4.90 Å². The largest absolute Gasteiger partial charge is 0.356 e. The van der Waals surface area contributed by atoms with Gasteiger partial charge in [0.1, 0.15) is 5.84 Å². The summed E-state index contributed by atoms with van der Waals surface area (Å²) in [4.78, 5) is 2.27. The minimum Gasteiger partial charge on any atom is -0.356 e. The van der Waals surface area contributed by atoms with Crippen LogP contribution in [-0.4, -0.2) is 17.3 Å². The summed E-state index contributed by atoms with van der Waals surface area (Å²) < 4.78 is 4.31. The maximum Gasteiger partial charge on any atom is 0.208 e. The van der Waals surface area contributed by atoms with Crippen molar-refractivity contribution < 1.29 is 0 Å². The summed E-state index contributed by atoms with van der Waals surface area (Å²) in [6.07, 6.45) is 2.13. The number of rotatable bonds is 3. The molecule has 0 bridgehead atoms. The SMILES string of the molecule is Cc1ccc(CN2CCCC2=NP(Cl)Cl)cc1. The van der Waals surface area contributed by atoms with Gasteiger partial charge in [-0.15, -0.1) is 0 Å². The lowest BCUT2D eigenvalue weighted by molar-refractivity contribution is 0.449. The van der Waals surface area contributed by atoms with E-state index in [-0.39, 0.29) is 0 Å². The molecule has 0 atom stereocenters. The fourth-order valence-corrected chi connectivity index (χ4v) is 2.92. The standard InChI is InChI=1S/C12H15Cl2N2P/c1-10-4-6-11(7-5-10)9-16-8-2-3-12(16)15-17(13)14/h4-7H,2-3,8-9H2,1H3. The minimum atomic E-state index is -1.23. The summed E-state index contributed by atoms with van der Waals surface area (Å²) in [6, 6.07) is 8.60. The third-order valence-corrected chi connectivity index (χ3v) is 3.71. The van der Waals surface area contributed by atoms with Gasteiger partial charge in [-0.05, 0) is 18.9 Å². The van der Waals surface area contributed by atoms with Crippen molar-refractivity contribution in [1.29, 1.82) is 0 Å². The van der Waals surface area contributed by atoms with E-state index >= 15 is 0 Å². The molecule has 5 heteroatoms. The molecule has 1 aliphatic heterocycles. The Hall–Kier alpha value is -0.300. The summed E-state index contributed by atoms with van der Waals surface area (Å²) in [5.41, 5.74) is 2.59. The van der Waals surface area contributed by atoms with Crippen molar-refractivity contribution in [2.75, 3.05) is 6.54 Å². The lowest BCUT2D eigenvalue weighted by Gasteiger charge is -2.19. The van der Waals surface area contributed by atoms with Crippen LogP contribution in [-0.2, 0) is 6.54 Å². The molecule has 1 aromatic rings. The van der Waals surface area contributed by atoms with Gasteiger partial charge in [0.15, 0.2) is 0 Å². The highest BCUT2D eigenvalue weighted by Gasteiger charge is 2.19. The Kier molecular flexibility index (Phi) is 4.67. The van der Waals surface area contributed by atoms with Crippen molar-refractivity contribution in [3.05, 3.63) is 35.4 Å². The predicted molar refractivity (Wildman–Crippen MR) is 76.9 cm³/mol. The van der Waals surface area contributed by atoms with E-state index in [1.54, 1.807) is 0 Å². The monoisotopic (exact) mass is 288 g/mol. The second-order valence-electron chi connectivity index (χ2n) is 4.24. The molecule has 0 unspecified atom stereocenters. The van der Waals surface area contributed by atoms with Crippen LogP contribution >= 0.6 is 29.3 Å². The molecule has 2 nitrogen and oxygen atoms in total. The highest BCUT2D eigenvalue weighted by molar-refractivity contribution is 8.03. The van der Waals surface area contributed by atoms with Gasteiger partial charge in [0, 0.05) is 19.5 Å². The summed E-state index contributed by atoms with van der Waals surface area (Å²) >= 11 is 11.5. The number of halogens is 2. The van der Waals surface area contributed by atoms with Crippen LogP contribution in [0.1, 0.15) is 24.0 Å². The van der Waals surface area contributed by atoms with Crippen LogP contribution in [0.4, 0.5) is 0 Å². The average Bonchev–Trinajstić information content (AvgIpc) is 2.68. The topological polar surface area (TPSA) is 15.6 Å². The average molecular weight is 289 g/mol. The molecule has 1 fully saturated rings. The van der Waals surface area contributed by atoms with Crippen LogP contribution in [0.5, 0.6) is 0 Å². The van der Waals surface area contributed by atoms with Crippen LogP contribution in [0.2, 0.25) is 0 Å². The molecular weight excluding hydrogens is 274 g/mol. The zero-order chi connectivity index (χ0) is 12.3. The molecule has 0 aliphatic carbocycles. The third-order valence-electron chi connectivity index (χ3n) is 2.88. The predicted octanol–water partition coefficient (Wildman–Crippen LogP) is 4.69. The van der Waals surface area contributed by atoms with Crippen LogP contribution in [0.3, 0.4) is 0 Å². The van der Waals surface area contributed by atoms with E-state index in [1.807, 2.05) is 0 Å². The summed E-state index contributed by atoms with van der Waals surface area (Å²) in [7, 11) is 0. The van der Waals surface area contributed by atoms with Gasteiger partial charge in [0.25, 0.3) is 0 Å². The van der Waals surface area contributed by atoms with Gasteiger partial charge >= 0.3 is 0 Å². The Morgan fingerprint density at radius 2 is 2.00 bits per heavy atom. The van der Waals surface area contributed by atoms with Gasteiger partial charge in [-0.1, -0.05) is 52.3 Å². The molecule has 1 heterocycles. The Balaban J connectivity index is 2.05. The molecule has 2 rings (SSSR count). The second kappa shape index (κ2) is 6.04. The Morgan fingerprint density at radius 3 is 2.65 bits per heavy atom. The van der Waals surface area contributed by atoms with Gasteiger partial charge in [-0.25, -0.2) is 4.76 Å². The van der Waals surface area contributed by atoms with Gasteiger partial charge in [-0.2, -0.15) is 0 Å². The molecule has 0 aromatic heterocycles. The highest BCUT2D eigenvalue weighted by atomic mass is 35.9. The van der Waals surface area contributed by atoms with E-state index in [0.29, 0.717) is 0 Å². The Labute approximate surface area is 113 Å². The number of aryl methyl sites for hydroxylation is 1. The summed E-state index contributed by atoms with van der Waals surface area (Å²) in [5, 5.41) is 0. The summed E-state index contributed by atoms with van der Waals surface area (Å²) in [5.74, 6) is 1.06. The quantitative estimate of drug-likeness (QED) is 0.737. The number of nitrogens with zero attached hydrogens (tertiary/aromatic N) is 2. The highest BCUT2D eigenvalue weighted by Crippen LogP contribution is 2.49. The van der Waals surface area contributed by atoms with Crippen LogP contribution in [0.25, 0.3) is 0 Å². The van der Waals surface area contributed by atoms with Crippen molar-refractivity contribution in [3.8, 4) is 0 Å². The molecule has 1 aliphatic rings. The fraction of sp³-hybridized carbons (Fsp3) is 0.417. The smallest absolute Gasteiger partial charge is 0.208 e. The van der Waals surface area contributed by atoms with Gasteiger partial charge in [0.2, 0.25) is 6.78 Å². The normalized spacial score (nSPS) is 18.4.